The van der Waals surface area contributed by atoms with Gasteiger partial charge in [0.1, 0.15) is 23.3 Å². The molecular weight excluding hydrogens is 214 g/mol. The Labute approximate surface area is 99.9 Å². The molecule has 0 amide bonds. The molecule has 86 valence electrons. The molecule has 0 radical (unpaired) electrons. The van der Waals surface area contributed by atoms with Gasteiger partial charge in [-0.25, -0.2) is 4.98 Å². The Morgan fingerprint density at radius 3 is 2.94 bits per heavy atom. The van der Waals surface area contributed by atoms with E-state index in [9.17, 15) is 0 Å². The first-order chi connectivity index (χ1) is 8.28. The largest absolute Gasteiger partial charge is 0.465 e. The summed E-state index contributed by atoms with van der Waals surface area (Å²) in [4.78, 5) is 3.92. The van der Waals surface area contributed by atoms with E-state index < -0.39 is 0 Å². The standard InChI is InChI=1S/C13H13N3O/c1-10-2-3-13(17-10)9-15-8-11-4-5-16-12(6-11)7-14/h2-6,15H,8-9H2,1H3. The Morgan fingerprint density at radius 2 is 2.24 bits per heavy atom. The van der Waals surface area contributed by atoms with Crippen molar-refractivity contribution in [3.8, 4) is 6.07 Å². The van der Waals surface area contributed by atoms with Crippen LogP contribution in [0, 0.1) is 18.3 Å². The van der Waals surface area contributed by atoms with Gasteiger partial charge in [-0.1, -0.05) is 0 Å². The molecule has 0 aromatic carbocycles. The van der Waals surface area contributed by atoms with Crippen molar-refractivity contribution >= 4 is 0 Å². The molecule has 17 heavy (non-hydrogen) atoms. The lowest BCUT2D eigenvalue weighted by Crippen LogP contribution is -2.12. The van der Waals surface area contributed by atoms with Gasteiger partial charge in [-0.3, -0.25) is 0 Å². The quantitative estimate of drug-likeness (QED) is 0.869. The van der Waals surface area contributed by atoms with Gasteiger partial charge in [0.2, 0.25) is 0 Å². The molecule has 4 nitrogen and oxygen atoms in total. The van der Waals surface area contributed by atoms with Crippen LogP contribution >= 0.6 is 0 Å². The minimum atomic E-state index is 0.443. The predicted molar refractivity (Wildman–Crippen MR) is 62.9 cm³/mol. The zero-order chi connectivity index (χ0) is 12.1. The van der Waals surface area contributed by atoms with Crippen LogP contribution in [0.2, 0.25) is 0 Å². The van der Waals surface area contributed by atoms with Crippen LogP contribution in [0.15, 0.2) is 34.9 Å². The van der Waals surface area contributed by atoms with Crippen LogP contribution in [0.4, 0.5) is 0 Å². The summed E-state index contributed by atoms with van der Waals surface area (Å²) >= 11 is 0. The molecule has 0 atom stereocenters. The second kappa shape index (κ2) is 5.28. The second-order valence-corrected chi connectivity index (χ2v) is 3.78. The number of hydrogen-bond donors (Lipinski definition) is 1. The van der Waals surface area contributed by atoms with Crippen LogP contribution < -0.4 is 5.32 Å². The van der Waals surface area contributed by atoms with Gasteiger partial charge in [0.25, 0.3) is 0 Å². The lowest BCUT2D eigenvalue weighted by atomic mass is 10.2. The second-order valence-electron chi connectivity index (χ2n) is 3.78. The van der Waals surface area contributed by atoms with Crippen LogP contribution in [0.3, 0.4) is 0 Å². The van der Waals surface area contributed by atoms with Gasteiger partial charge in [-0.15, -0.1) is 0 Å². The molecular formula is C13H13N3O. The third kappa shape index (κ3) is 3.16. The monoisotopic (exact) mass is 227 g/mol. The average Bonchev–Trinajstić information content (AvgIpc) is 2.75. The highest BCUT2D eigenvalue weighted by molar-refractivity contribution is 5.25. The van der Waals surface area contributed by atoms with Crippen molar-refractivity contribution in [1.82, 2.24) is 10.3 Å². The first kappa shape index (κ1) is 11.4. The van der Waals surface area contributed by atoms with Crippen LogP contribution in [-0.4, -0.2) is 4.98 Å². The van der Waals surface area contributed by atoms with Gasteiger partial charge in [-0.05, 0) is 36.8 Å². The summed E-state index contributed by atoms with van der Waals surface area (Å²) in [5.74, 6) is 1.83. The first-order valence-corrected chi connectivity index (χ1v) is 5.39. The Balaban J connectivity index is 1.88. The molecule has 0 aliphatic rings. The molecule has 0 aliphatic carbocycles. The van der Waals surface area contributed by atoms with E-state index in [2.05, 4.69) is 10.3 Å². The van der Waals surface area contributed by atoms with E-state index in [1.54, 1.807) is 12.3 Å². The Morgan fingerprint density at radius 1 is 1.35 bits per heavy atom. The fraction of sp³-hybridized carbons (Fsp3) is 0.231. The maximum Gasteiger partial charge on any atom is 0.140 e. The predicted octanol–water partition coefficient (Wildman–Crippen LogP) is 2.14. The molecule has 2 aromatic rings. The Bertz CT molecular complexity index is 540. The number of nitriles is 1. The molecule has 0 unspecified atom stereocenters. The maximum absolute atomic E-state index is 8.72. The SMILES string of the molecule is Cc1ccc(CNCc2ccnc(C#N)c2)o1. The van der Waals surface area contributed by atoms with E-state index in [0.717, 1.165) is 17.1 Å². The Hall–Kier alpha value is -2.12. The molecule has 4 heteroatoms. The third-order valence-electron chi connectivity index (χ3n) is 2.36. The zero-order valence-corrected chi connectivity index (χ0v) is 9.60. The normalized spacial score (nSPS) is 10.1. The first-order valence-electron chi connectivity index (χ1n) is 5.39. The lowest BCUT2D eigenvalue weighted by molar-refractivity contribution is 0.461. The lowest BCUT2D eigenvalue weighted by Gasteiger charge is -2.02. The smallest absolute Gasteiger partial charge is 0.140 e. The van der Waals surface area contributed by atoms with Crippen molar-refractivity contribution in [2.24, 2.45) is 0 Å². The Kier molecular flexibility index (Phi) is 3.53. The summed E-state index contributed by atoms with van der Waals surface area (Å²) < 4.78 is 5.44. The zero-order valence-electron chi connectivity index (χ0n) is 9.60. The molecule has 1 N–H and O–H groups in total. The van der Waals surface area contributed by atoms with Crippen molar-refractivity contribution in [3.63, 3.8) is 0 Å². The fourth-order valence-electron chi connectivity index (χ4n) is 1.56. The van der Waals surface area contributed by atoms with Gasteiger partial charge >= 0.3 is 0 Å². The van der Waals surface area contributed by atoms with E-state index in [1.165, 1.54) is 0 Å². The van der Waals surface area contributed by atoms with Gasteiger partial charge < -0.3 is 9.73 Å². The number of hydrogen-bond acceptors (Lipinski definition) is 4. The van der Waals surface area contributed by atoms with E-state index in [0.29, 0.717) is 18.8 Å². The fourth-order valence-corrected chi connectivity index (χ4v) is 1.56. The van der Waals surface area contributed by atoms with Crippen molar-refractivity contribution in [3.05, 3.63) is 53.2 Å². The molecule has 0 fully saturated rings. The molecule has 0 saturated heterocycles. The minimum absolute atomic E-state index is 0.443. The van der Waals surface area contributed by atoms with Crippen molar-refractivity contribution in [1.29, 1.82) is 5.26 Å². The summed E-state index contributed by atoms with van der Waals surface area (Å²) in [7, 11) is 0. The highest BCUT2D eigenvalue weighted by atomic mass is 16.3. The highest BCUT2D eigenvalue weighted by Crippen LogP contribution is 2.06. The van der Waals surface area contributed by atoms with E-state index in [1.807, 2.05) is 31.2 Å². The molecule has 2 rings (SSSR count). The summed E-state index contributed by atoms with van der Waals surface area (Å²) in [5.41, 5.74) is 1.48. The summed E-state index contributed by atoms with van der Waals surface area (Å²) in [5, 5.41) is 12.0. The van der Waals surface area contributed by atoms with Crippen molar-refractivity contribution in [2.45, 2.75) is 20.0 Å². The number of nitrogens with one attached hydrogen (secondary N) is 1. The summed E-state index contributed by atoms with van der Waals surface area (Å²) in [6, 6.07) is 9.59. The number of pyridine rings is 1. The molecule has 0 aliphatic heterocycles. The van der Waals surface area contributed by atoms with Crippen molar-refractivity contribution < 1.29 is 4.42 Å². The summed E-state index contributed by atoms with van der Waals surface area (Å²) in [6.45, 7) is 3.29. The van der Waals surface area contributed by atoms with E-state index >= 15 is 0 Å². The van der Waals surface area contributed by atoms with E-state index in [4.69, 9.17) is 9.68 Å². The van der Waals surface area contributed by atoms with Crippen LogP contribution in [0.25, 0.3) is 0 Å². The summed E-state index contributed by atoms with van der Waals surface area (Å²) in [6.07, 6.45) is 1.65. The number of aromatic nitrogens is 1. The van der Waals surface area contributed by atoms with E-state index in [-0.39, 0.29) is 0 Å². The number of rotatable bonds is 4. The van der Waals surface area contributed by atoms with Gasteiger partial charge in [0.05, 0.1) is 6.54 Å². The van der Waals surface area contributed by atoms with Gasteiger partial charge in [0.15, 0.2) is 0 Å². The van der Waals surface area contributed by atoms with Crippen LogP contribution in [-0.2, 0) is 13.1 Å². The van der Waals surface area contributed by atoms with Crippen molar-refractivity contribution in [2.75, 3.05) is 0 Å². The van der Waals surface area contributed by atoms with Gasteiger partial charge in [-0.2, -0.15) is 5.26 Å². The molecule has 0 saturated carbocycles. The number of furan rings is 1. The highest BCUT2D eigenvalue weighted by Gasteiger charge is 1.99. The number of nitrogens with zero attached hydrogens (tertiary/aromatic N) is 2. The number of aryl methyl sites for hydroxylation is 1. The molecule has 2 heterocycles. The van der Waals surface area contributed by atoms with Crippen LogP contribution in [0.5, 0.6) is 0 Å². The molecule has 2 aromatic heterocycles. The average molecular weight is 227 g/mol. The minimum Gasteiger partial charge on any atom is -0.465 e. The molecule has 0 bridgehead atoms. The third-order valence-corrected chi connectivity index (χ3v) is 2.36. The topological polar surface area (TPSA) is 61.9 Å². The maximum atomic E-state index is 8.72. The molecule has 0 spiro atoms. The van der Waals surface area contributed by atoms with Gasteiger partial charge in [0, 0.05) is 12.7 Å². The van der Waals surface area contributed by atoms with Crippen LogP contribution in [0.1, 0.15) is 22.8 Å².